The standard InChI is InChI=1S/C24H50O4S.Na/c1-3-5-6-7-8-9-10-11-12-13-14-15-16-17-18-19-20-24(29(26,27)28)22-21-23(25)4-2;/h23-25H,3-22H2,1-2H3,(H,26,27,28);/q;+1/p-1. The van der Waals surface area contributed by atoms with E-state index in [1.54, 1.807) is 0 Å². The van der Waals surface area contributed by atoms with E-state index < -0.39 is 21.5 Å². The summed E-state index contributed by atoms with van der Waals surface area (Å²) in [7, 11) is -4.25. The van der Waals surface area contributed by atoms with Crippen LogP contribution in [0.25, 0.3) is 0 Å². The molecule has 0 fully saturated rings. The van der Waals surface area contributed by atoms with Crippen LogP contribution < -0.4 is 29.6 Å². The van der Waals surface area contributed by atoms with E-state index in [0.29, 0.717) is 25.7 Å². The summed E-state index contributed by atoms with van der Waals surface area (Å²) in [4.78, 5) is 0. The summed E-state index contributed by atoms with van der Waals surface area (Å²) in [5.41, 5.74) is 0. The summed E-state index contributed by atoms with van der Waals surface area (Å²) < 4.78 is 34.2. The van der Waals surface area contributed by atoms with Crippen molar-refractivity contribution in [3.8, 4) is 0 Å². The van der Waals surface area contributed by atoms with Crippen molar-refractivity contribution in [3.63, 3.8) is 0 Å². The Balaban J connectivity index is 0. The molecule has 0 amide bonds. The van der Waals surface area contributed by atoms with E-state index in [1.807, 2.05) is 6.92 Å². The number of aliphatic hydroxyl groups excluding tert-OH is 1. The van der Waals surface area contributed by atoms with Gasteiger partial charge >= 0.3 is 29.6 Å². The molecule has 0 aliphatic heterocycles. The maximum absolute atomic E-state index is 11.4. The fourth-order valence-corrected chi connectivity index (χ4v) is 4.82. The number of rotatable bonds is 22. The van der Waals surface area contributed by atoms with Gasteiger partial charge in [0.15, 0.2) is 0 Å². The van der Waals surface area contributed by atoms with Crippen LogP contribution in [0.5, 0.6) is 0 Å². The molecule has 0 radical (unpaired) electrons. The molecule has 0 aromatic heterocycles. The summed E-state index contributed by atoms with van der Waals surface area (Å²) in [6, 6.07) is 0. The van der Waals surface area contributed by atoms with E-state index in [1.165, 1.54) is 83.5 Å². The van der Waals surface area contributed by atoms with Gasteiger partial charge in [0.1, 0.15) is 0 Å². The normalized spacial score (nSPS) is 13.7. The van der Waals surface area contributed by atoms with Gasteiger partial charge in [-0.15, -0.1) is 0 Å². The Morgan fingerprint density at radius 1 is 0.633 bits per heavy atom. The maximum Gasteiger partial charge on any atom is 1.00 e. The first-order valence-corrected chi connectivity index (χ1v) is 14.0. The van der Waals surface area contributed by atoms with Gasteiger partial charge in [-0.25, -0.2) is 8.42 Å². The van der Waals surface area contributed by atoms with E-state index >= 15 is 0 Å². The van der Waals surface area contributed by atoms with Gasteiger partial charge in [0, 0.05) is 5.25 Å². The minimum atomic E-state index is -4.25. The Morgan fingerprint density at radius 2 is 1.00 bits per heavy atom. The molecular weight excluding hydrogens is 407 g/mol. The molecule has 6 heteroatoms. The molecular formula is C24H49NaO4S. The van der Waals surface area contributed by atoms with Crippen molar-refractivity contribution in [2.24, 2.45) is 0 Å². The molecule has 2 unspecified atom stereocenters. The van der Waals surface area contributed by atoms with Crippen molar-refractivity contribution in [1.82, 2.24) is 0 Å². The van der Waals surface area contributed by atoms with Crippen LogP contribution >= 0.6 is 0 Å². The van der Waals surface area contributed by atoms with E-state index in [2.05, 4.69) is 6.92 Å². The van der Waals surface area contributed by atoms with E-state index in [0.717, 1.165) is 19.3 Å². The molecule has 30 heavy (non-hydrogen) atoms. The number of hydrogen-bond acceptors (Lipinski definition) is 4. The summed E-state index contributed by atoms with van der Waals surface area (Å²) in [6.07, 6.45) is 21.8. The van der Waals surface area contributed by atoms with Crippen LogP contribution in [-0.4, -0.2) is 29.4 Å². The molecule has 0 spiro atoms. The number of unbranched alkanes of at least 4 members (excludes halogenated alkanes) is 15. The minimum absolute atomic E-state index is 0. The molecule has 0 aliphatic carbocycles. The first kappa shape index (κ1) is 33.0. The summed E-state index contributed by atoms with van der Waals surface area (Å²) in [5.74, 6) is 0. The molecule has 4 nitrogen and oxygen atoms in total. The summed E-state index contributed by atoms with van der Waals surface area (Å²) in [5, 5.41) is 8.76. The number of aliphatic hydroxyl groups is 1. The molecule has 0 saturated heterocycles. The fourth-order valence-electron chi connectivity index (χ4n) is 3.94. The molecule has 176 valence electrons. The van der Waals surface area contributed by atoms with Gasteiger partial charge in [-0.3, -0.25) is 0 Å². The zero-order chi connectivity index (χ0) is 21.8. The quantitative estimate of drug-likeness (QED) is 0.151. The average Bonchev–Trinajstić information content (AvgIpc) is 2.68. The largest absolute Gasteiger partial charge is 1.00 e. The topological polar surface area (TPSA) is 77.4 Å². The van der Waals surface area contributed by atoms with Gasteiger partial charge in [0.25, 0.3) is 0 Å². The second kappa shape index (κ2) is 23.0. The van der Waals surface area contributed by atoms with E-state index in [4.69, 9.17) is 0 Å². The van der Waals surface area contributed by atoms with Crippen LogP contribution in [-0.2, 0) is 10.1 Å². The second-order valence-corrected chi connectivity index (χ2v) is 10.5. The van der Waals surface area contributed by atoms with Crippen LogP contribution in [0.2, 0.25) is 0 Å². The Kier molecular flexibility index (Phi) is 25.4. The van der Waals surface area contributed by atoms with E-state index in [9.17, 15) is 18.1 Å². The predicted molar refractivity (Wildman–Crippen MR) is 123 cm³/mol. The summed E-state index contributed by atoms with van der Waals surface area (Å²) >= 11 is 0. The average molecular weight is 457 g/mol. The van der Waals surface area contributed by atoms with Crippen LogP contribution in [0.3, 0.4) is 0 Å². The molecule has 0 rings (SSSR count). The first-order valence-electron chi connectivity index (χ1n) is 12.5. The molecule has 0 saturated carbocycles. The van der Waals surface area contributed by atoms with Crippen molar-refractivity contribution < 1.29 is 47.6 Å². The SMILES string of the molecule is CCCCCCCCCCCCCCCCCCC(CCC(O)CC)S(=O)(=O)[O-].[Na+]. The van der Waals surface area contributed by atoms with Crippen molar-refractivity contribution >= 4 is 10.1 Å². The smallest absolute Gasteiger partial charge is 0.748 e. The van der Waals surface area contributed by atoms with Crippen molar-refractivity contribution in [2.45, 2.75) is 154 Å². The molecule has 0 aliphatic rings. The van der Waals surface area contributed by atoms with Gasteiger partial charge in [-0.05, 0) is 25.7 Å². The summed E-state index contributed by atoms with van der Waals surface area (Å²) in [6.45, 7) is 4.13. The third kappa shape index (κ3) is 22.1. The van der Waals surface area contributed by atoms with Crippen molar-refractivity contribution in [1.29, 1.82) is 0 Å². The van der Waals surface area contributed by atoms with Crippen molar-refractivity contribution in [3.05, 3.63) is 0 Å². The Hall–Kier alpha value is 0.870. The second-order valence-electron chi connectivity index (χ2n) is 8.85. The predicted octanol–water partition coefficient (Wildman–Crippen LogP) is 4.11. The molecule has 0 heterocycles. The van der Waals surface area contributed by atoms with Gasteiger partial charge in [0.05, 0.1) is 16.2 Å². The van der Waals surface area contributed by atoms with Gasteiger partial charge < -0.3 is 9.66 Å². The zero-order valence-electron chi connectivity index (χ0n) is 20.4. The van der Waals surface area contributed by atoms with Gasteiger partial charge in [-0.1, -0.05) is 117 Å². The maximum atomic E-state index is 11.4. The third-order valence-electron chi connectivity index (χ3n) is 6.08. The van der Waals surface area contributed by atoms with Crippen LogP contribution in [0, 0.1) is 0 Å². The fraction of sp³-hybridized carbons (Fsp3) is 1.00. The molecule has 0 aromatic rings. The monoisotopic (exact) mass is 456 g/mol. The first-order chi connectivity index (χ1) is 13.9. The van der Waals surface area contributed by atoms with Crippen molar-refractivity contribution in [2.75, 3.05) is 0 Å². The molecule has 2 atom stereocenters. The Labute approximate surface area is 210 Å². The zero-order valence-corrected chi connectivity index (χ0v) is 23.2. The van der Waals surface area contributed by atoms with Crippen LogP contribution in [0.1, 0.15) is 142 Å². The molecule has 0 bridgehead atoms. The van der Waals surface area contributed by atoms with Crippen LogP contribution in [0.15, 0.2) is 0 Å². The number of hydrogen-bond donors (Lipinski definition) is 1. The van der Waals surface area contributed by atoms with Gasteiger partial charge in [-0.2, -0.15) is 0 Å². The Bertz CT molecular complexity index is 442. The molecule has 1 N–H and O–H groups in total. The van der Waals surface area contributed by atoms with Crippen LogP contribution in [0.4, 0.5) is 0 Å². The van der Waals surface area contributed by atoms with Gasteiger partial charge in [0.2, 0.25) is 0 Å². The Morgan fingerprint density at radius 3 is 1.33 bits per heavy atom. The minimum Gasteiger partial charge on any atom is -0.748 e. The molecule has 0 aromatic carbocycles. The van der Waals surface area contributed by atoms with E-state index in [-0.39, 0.29) is 29.6 Å². The third-order valence-corrected chi connectivity index (χ3v) is 7.37.